The van der Waals surface area contributed by atoms with Crippen LogP contribution in [0.15, 0.2) is 42.5 Å². The Morgan fingerprint density at radius 2 is 1.74 bits per heavy atom. The van der Waals surface area contributed by atoms with Gasteiger partial charge in [-0.1, -0.05) is 26.8 Å². The number of phenolic OH excluding ortho intramolecular Hbond substituents is 1. The lowest BCUT2D eigenvalue weighted by Crippen LogP contribution is -2.47. The number of carboxylic acids is 1. The van der Waals surface area contributed by atoms with Gasteiger partial charge in [0.2, 0.25) is 0 Å². The van der Waals surface area contributed by atoms with Gasteiger partial charge in [0.15, 0.2) is 5.60 Å². The fourth-order valence-electron chi connectivity index (χ4n) is 5.44. The molecule has 3 N–H and O–H groups in total. The van der Waals surface area contributed by atoms with Crippen LogP contribution in [-0.4, -0.2) is 45.2 Å². The molecule has 0 bridgehead atoms. The number of carboxylic acid groups (broad SMARTS) is 1. The minimum atomic E-state index is -1.23. The second-order valence-corrected chi connectivity index (χ2v) is 10.3. The van der Waals surface area contributed by atoms with Crippen molar-refractivity contribution >= 4 is 16.9 Å². The molecule has 0 saturated heterocycles. The van der Waals surface area contributed by atoms with Crippen molar-refractivity contribution < 1.29 is 29.2 Å². The van der Waals surface area contributed by atoms with Crippen LogP contribution in [0.1, 0.15) is 57.7 Å². The van der Waals surface area contributed by atoms with Gasteiger partial charge in [-0.25, -0.2) is 9.18 Å². The van der Waals surface area contributed by atoms with Crippen LogP contribution < -0.4 is 0 Å². The molecule has 2 aromatic carbocycles. The van der Waals surface area contributed by atoms with E-state index in [1.54, 1.807) is 24.3 Å². The lowest BCUT2D eigenvalue weighted by molar-refractivity contribution is -0.167. The van der Waals surface area contributed by atoms with E-state index in [1.807, 2.05) is 24.5 Å². The van der Waals surface area contributed by atoms with Crippen LogP contribution in [0.3, 0.4) is 0 Å². The summed E-state index contributed by atoms with van der Waals surface area (Å²) in [4.78, 5) is 12.0. The Balaban J connectivity index is 2.03. The number of hydrogen-bond acceptors (Lipinski definition) is 4. The van der Waals surface area contributed by atoms with E-state index in [0.29, 0.717) is 31.1 Å². The van der Waals surface area contributed by atoms with E-state index >= 15 is 0 Å². The first-order chi connectivity index (χ1) is 16.0. The zero-order valence-electron chi connectivity index (χ0n) is 20.1. The number of methoxy groups -OCH3 is 1. The Labute approximate surface area is 198 Å². The van der Waals surface area contributed by atoms with Crippen molar-refractivity contribution in [1.82, 2.24) is 4.57 Å². The highest BCUT2D eigenvalue weighted by molar-refractivity contribution is 5.94. The second kappa shape index (κ2) is 8.40. The minimum Gasteiger partial charge on any atom is -0.507 e. The van der Waals surface area contributed by atoms with E-state index < -0.39 is 22.4 Å². The van der Waals surface area contributed by atoms with Crippen LogP contribution in [-0.2, 0) is 20.4 Å². The second-order valence-electron chi connectivity index (χ2n) is 10.3. The van der Waals surface area contributed by atoms with Crippen molar-refractivity contribution in [3.63, 3.8) is 0 Å². The van der Waals surface area contributed by atoms with E-state index in [1.165, 1.54) is 19.2 Å². The highest BCUT2D eigenvalue weighted by atomic mass is 19.1. The van der Waals surface area contributed by atoms with Crippen molar-refractivity contribution in [3.8, 4) is 11.4 Å². The normalized spacial score (nSPS) is 23.4. The third-order valence-corrected chi connectivity index (χ3v) is 7.64. The molecule has 1 saturated carbocycles. The Hall–Kier alpha value is -2.90. The number of fused-ring (bicyclic) bond motifs is 1. The number of hydrogen-bond donors (Lipinski definition) is 3. The largest absolute Gasteiger partial charge is 0.507 e. The van der Waals surface area contributed by atoms with Gasteiger partial charge in [-0.15, -0.1) is 0 Å². The minimum absolute atomic E-state index is 0.117. The van der Waals surface area contributed by atoms with Gasteiger partial charge >= 0.3 is 5.97 Å². The standard InChI is InChI=1S/C27H32FNO5/c1-25(2,16-30)23-22(26(3)12-14-27(34-4,15-13-26)24(32)33)21-19(6-5-7-20(21)31)29(23)18-10-8-17(28)9-11-18/h5-11,30-31H,12-16H2,1-4H3,(H,32,33)/t26-,27-. The number of phenols is 1. The van der Waals surface area contributed by atoms with Crippen LogP contribution in [0.4, 0.5) is 4.39 Å². The first-order valence-electron chi connectivity index (χ1n) is 11.5. The number of carbonyl (C=O) groups is 1. The smallest absolute Gasteiger partial charge is 0.335 e. The average molecular weight is 470 g/mol. The maximum atomic E-state index is 13.8. The quantitative estimate of drug-likeness (QED) is 0.470. The molecular weight excluding hydrogens is 437 g/mol. The number of ether oxygens (including phenoxy) is 1. The molecule has 1 heterocycles. The van der Waals surface area contributed by atoms with E-state index in [-0.39, 0.29) is 18.2 Å². The average Bonchev–Trinajstić information content (AvgIpc) is 3.18. The molecule has 4 rings (SSSR count). The maximum absolute atomic E-state index is 13.8. The van der Waals surface area contributed by atoms with E-state index in [0.717, 1.165) is 22.5 Å². The number of halogens is 1. The molecule has 0 radical (unpaired) electrons. The molecule has 182 valence electrons. The first kappa shape index (κ1) is 24.2. The molecule has 6 nitrogen and oxygen atoms in total. The van der Waals surface area contributed by atoms with Gasteiger partial charge in [-0.05, 0) is 73.1 Å². The molecule has 0 atom stereocenters. The lowest BCUT2D eigenvalue weighted by atomic mass is 9.64. The topological polar surface area (TPSA) is 91.9 Å². The predicted molar refractivity (Wildman–Crippen MR) is 128 cm³/mol. The Morgan fingerprint density at radius 1 is 1.12 bits per heavy atom. The number of aliphatic hydroxyl groups excluding tert-OH is 1. The molecule has 1 aliphatic carbocycles. The van der Waals surface area contributed by atoms with E-state index in [9.17, 15) is 24.5 Å². The number of aliphatic hydroxyl groups is 1. The van der Waals surface area contributed by atoms with Crippen molar-refractivity contribution in [2.75, 3.05) is 13.7 Å². The summed E-state index contributed by atoms with van der Waals surface area (Å²) in [5.41, 5.74) is 0.753. The third kappa shape index (κ3) is 3.67. The molecule has 1 aliphatic rings. The van der Waals surface area contributed by atoms with Crippen molar-refractivity contribution in [1.29, 1.82) is 0 Å². The summed E-state index contributed by atoms with van der Waals surface area (Å²) >= 11 is 0. The fraction of sp³-hybridized carbons (Fsp3) is 0.444. The van der Waals surface area contributed by atoms with Gasteiger partial charge in [-0.2, -0.15) is 0 Å². The van der Waals surface area contributed by atoms with Crippen LogP contribution >= 0.6 is 0 Å². The molecule has 7 heteroatoms. The Bertz CT molecular complexity index is 1220. The zero-order valence-corrected chi connectivity index (χ0v) is 20.1. The van der Waals surface area contributed by atoms with Gasteiger partial charge in [0.05, 0.1) is 12.1 Å². The molecule has 0 spiro atoms. The number of rotatable bonds is 6. The zero-order chi connectivity index (χ0) is 24.9. The summed E-state index contributed by atoms with van der Waals surface area (Å²) < 4.78 is 21.2. The Morgan fingerprint density at radius 3 is 2.26 bits per heavy atom. The fourth-order valence-corrected chi connectivity index (χ4v) is 5.44. The number of aromatic hydroxyl groups is 1. The van der Waals surface area contributed by atoms with Crippen LogP contribution in [0, 0.1) is 5.82 Å². The number of benzene rings is 2. The predicted octanol–water partition coefficient (Wildman–Crippen LogP) is 5.05. The van der Waals surface area contributed by atoms with E-state index in [4.69, 9.17) is 4.74 Å². The third-order valence-electron chi connectivity index (χ3n) is 7.64. The molecule has 1 aromatic heterocycles. The van der Waals surface area contributed by atoms with Crippen molar-refractivity contribution in [2.45, 2.75) is 62.9 Å². The van der Waals surface area contributed by atoms with Gasteiger partial charge in [0.1, 0.15) is 11.6 Å². The van der Waals surface area contributed by atoms with Crippen molar-refractivity contribution in [3.05, 3.63) is 59.5 Å². The van der Waals surface area contributed by atoms with E-state index in [2.05, 4.69) is 6.92 Å². The molecule has 0 aliphatic heterocycles. The highest BCUT2D eigenvalue weighted by Gasteiger charge is 2.49. The number of aromatic nitrogens is 1. The molecule has 3 aromatic rings. The maximum Gasteiger partial charge on any atom is 0.335 e. The monoisotopic (exact) mass is 469 g/mol. The summed E-state index contributed by atoms with van der Waals surface area (Å²) in [6.07, 6.45) is 1.70. The first-order valence-corrected chi connectivity index (χ1v) is 11.5. The molecule has 1 fully saturated rings. The van der Waals surface area contributed by atoms with Crippen LogP contribution in [0.5, 0.6) is 5.75 Å². The lowest BCUT2D eigenvalue weighted by Gasteiger charge is -2.43. The SMILES string of the molecule is CO[C@]1(C(=O)O)CC[C@@](C)(c2c(C(C)(C)CO)n(-c3ccc(F)cc3)c3cccc(O)c32)CC1. The summed E-state index contributed by atoms with van der Waals surface area (Å²) in [6, 6.07) is 11.5. The van der Waals surface area contributed by atoms with Gasteiger partial charge in [-0.3, -0.25) is 0 Å². The van der Waals surface area contributed by atoms with Crippen LogP contribution in [0.2, 0.25) is 0 Å². The Kier molecular flexibility index (Phi) is 5.98. The number of aliphatic carboxylic acids is 1. The van der Waals surface area contributed by atoms with Crippen molar-refractivity contribution in [2.24, 2.45) is 0 Å². The molecule has 34 heavy (non-hydrogen) atoms. The molecule has 0 unspecified atom stereocenters. The summed E-state index contributed by atoms with van der Waals surface area (Å²) in [5, 5.41) is 32.0. The molecular formula is C27H32FNO5. The molecule has 0 amide bonds. The highest BCUT2D eigenvalue weighted by Crippen LogP contribution is 2.52. The van der Waals surface area contributed by atoms with Gasteiger partial charge in [0.25, 0.3) is 0 Å². The number of nitrogens with zero attached hydrogens (tertiary/aromatic N) is 1. The summed E-state index contributed by atoms with van der Waals surface area (Å²) in [7, 11) is 1.43. The summed E-state index contributed by atoms with van der Waals surface area (Å²) in [5.74, 6) is -1.20. The van der Waals surface area contributed by atoms with Gasteiger partial charge < -0.3 is 24.6 Å². The van der Waals surface area contributed by atoms with Crippen LogP contribution in [0.25, 0.3) is 16.6 Å². The summed E-state index contributed by atoms with van der Waals surface area (Å²) in [6.45, 7) is 5.81. The van der Waals surface area contributed by atoms with Gasteiger partial charge in [0, 0.05) is 29.3 Å².